The highest BCUT2D eigenvalue weighted by Crippen LogP contribution is 2.19. The van der Waals surface area contributed by atoms with Crippen LogP contribution in [0.15, 0.2) is 0 Å². The van der Waals surface area contributed by atoms with Gasteiger partial charge in [-0.2, -0.15) is 11.8 Å². The number of carboxylic acid groups (broad SMARTS) is 1. The first-order valence-electron chi connectivity index (χ1n) is 5.56. The van der Waals surface area contributed by atoms with E-state index in [-0.39, 0.29) is 17.7 Å². The van der Waals surface area contributed by atoms with Gasteiger partial charge in [0, 0.05) is 24.8 Å². The van der Waals surface area contributed by atoms with Crippen molar-refractivity contribution >= 4 is 23.6 Å². The van der Waals surface area contributed by atoms with Crippen LogP contribution >= 0.6 is 11.8 Å². The van der Waals surface area contributed by atoms with E-state index in [1.54, 1.807) is 16.7 Å². The van der Waals surface area contributed by atoms with Crippen LogP contribution in [-0.2, 0) is 9.59 Å². The summed E-state index contributed by atoms with van der Waals surface area (Å²) in [6.07, 6.45) is 3.17. The van der Waals surface area contributed by atoms with Crippen LogP contribution in [0.2, 0.25) is 0 Å². The molecule has 1 aliphatic rings. The van der Waals surface area contributed by atoms with Gasteiger partial charge in [0.05, 0.1) is 5.92 Å². The van der Waals surface area contributed by atoms with Gasteiger partial charge in [-0.1, -0.05) is 6.92 Å². The summed E-state index contributed by atoms with van der Waals surface area (Å²) in [6, 6.07) is 0. The molecule has 1 amide bonds. The SMILES string of the molecule is CSCC(C)C(=O)N1CCC(C(=O)O)CC1. The number of rotatable bonds is 4. The molecule has 0 aromatic rings. The van der Waals surface area contributed by atoms with E-state index >= 15 is 0 Å². The van der Waals surface area contributed by atoms with Gasteiger partial charge in [-0.05, 0) is 19.1 Å². The average molecular weight is 245 g/mol. The molecule has 1 unspecified atom stereocenters. The van der Waals surface area contributed by atoms with Crippen molar-refractivity contribution in [2.45, 2.75) is 19.8 Å². The largest absolute Gasteiger partial charge is 0.481 e. The van der Waals surface area contributed by atoms with Crippen LogP contribution in [0.1, 0.15) is 19.8 Å². The Morgan fingerprint density at radius 3 is 2.44 bits per heavy atom. The molecule has 4 nitrogen and oxygen atoms in total. The number of aliphatic carboxylic acids is 1. The third-order valence-electron chi connectivity index (χ3n) is 2.99. The van der Waals surface area contributed by atoms with Crippen molar-refractivity contribution in [1.82, 2.24) is 4.90 Å². The zero-order valence-electron chi connectivity index (χ0n) is 9.81. The van der Waals surface area contributed by atoms with Crippen LogP contribution in [-0.4, -0.2) is 47.0 Å². The van der Waals surface area contributed by atoms with Crippen LogP contribution in [0.4, 0.5) is 0 Å². The number of carboxylic acids is 1. The van der Waals surface area contributed by atoms with Gasteiger partial charge < -0.3 is 10.0 Å². The van der Waals surface area contributed by atoms with Crippen LogP contribution in [0.3, 0.4) is 0 Å². The monoisotopic (exact) mass is 245 g/mol. The highest BCUT2D eigenvalue weighted by Gasteiger charge is 2.28. The third kappa shape index (κ3) is 3.40. The molecule has 0 aromatic carbocycles. The highest BCUT2D eigenvalue weighted by atomic mass is 32.2. The number of hydrogen-bond acceptors (Lipinski definition) is 3. The first kappa shape index (κ1) is 13.4. The summed E-state index contributed by atoms with van der Waals surface area (Å²) in [5.74, 6) is 0.0382. The Labute approximate surface area is 100 Å². The van der Waals surface area contributed by atoms with E-state index < -0.39 is 5.97 Å². The Balaban J connectivity index is 2.41. The van der Waals surface area contributed by atoms with E-state index in [2.05, 4.69) is 0 Å². The number of piperidine rings is 1. The van der Waals surface area contributed by atoms with E-state index in [4.69, 9.17) is 5.11 Å². The zero-order valence-corrected chi connectivity index (χ0v) is 10.6. The second kappa shape index (κ2) is 6.13. The summed E-state index contributed by atoms with van der Waals surface area (Å²) in [7, 11) is 0. The van der Waals surface area contributed by atoms with Crippen LogP contribution < -0.4 is 0 Å². The van der Waals surface area contributed by atoms with Crippen molar-refractivity contribution in [1.29, 1.82) is 0 Å². The maximum Gasteiger partial charge on any atom is 0.306 e. The number of amides is 1. The molecule has 0 aromatic heterocycles. The molecule has 1 atom stereocenters. The maximum atomic E-state index is 11.9. The van der Waals surface area contributed by atoms with Crippen LogP contribution in [0, 0.1) is 11.8 Å². The summed E-state index contributed by atoms with van der Waals surface area (Å²) in [4.78, 5) is 24.5. The number of hydrogen-bond donors (Lipinski definition) is 1. The summed E-state index contributed by atoms with van der Waals surface area (Å²) < 4.78 is 0. The highest BCUT2D eigenvalue weighted by molar-refractivity contribution is 7.98. The van der Waals surface area contributed by atoms with Crippen molar-refractivity contribution in [2.24, 2.45) is 11.8 Å². The standard InChI is InChI=1S/C11H19NO3S/c1-8(7-16-2)10(13)12-5-3-9(4-6-12)11(14)15/h8-9H,3-7H2,1-2H3,(H,14,15). The Morgan fingerprint density at radius 2 is 2.00 bits per heavy atom. The fraction of sp³-hybridized carbons (Fsp3) is 0.818. The Morgan fingerprint density at radius 1 is 1.44 bits per heavy atom. The van der Waals surface area contributed by atoms with Crippen LogP contribution in [0.5, 0.6) is 0 Å². The van der Waals surface area contributed by atoms with Gasteiger partial charge in [0.15, 0.2) is 0 Å². The molecule has 1 rings (SSSR count). The van der Waals surface area contributed by atoms with E-state index in [9.17, 15) is 9.59 Å². The molecule has 1 fully saturated rings. The summed E-state index contributed by atoms with van der Waals surface area (Å²) >= 11 is 1.67. The summed E-state index contributed by atoms with van der Waals surface area (Å²) in [5.41, 5.74) is 0. The van der Waals surface area contributed by atoms with Crippen molar-refractivity contribution < 1.29 is 14.7 Å². The van der Waals surface area contributed by atoms with Crippen molar-refractivity contribution in [3.63, 3.8) is 0 Å². The number of thioether (sulfide) groups is 1. The predicted molar refractivity (Wildman–Crippen MR) is 64.5 cm³/mol. The summed E-state index contributed by atoms with van der Waals surface area (Å²) in [5, 5.41) is 8.85. The molecule has 92 valence electrons. The molecule has 0 spiro atoms. The van der Waals surface area contributed by atoms with Gasteiger partial charge >= 0.3 is 5.97 Å². The normalized spacial score (nSPS) is 19.5. The lowest BCUT2D eigenvalue weighted by molar-refractivity contribution is -0.146. The number of likely N-dealkylation sites (tertiary alicyclic amines) is 1. The lowest BCUT2D eigenvalue weighted by atomic mass is 9.96. The van der Waals surface area contributed by atoms with E-state index in [0.717, 1.165) is 5.75 Å². The van der Waals surface area contributed by atoms with Crippen LogP contribution in [0.25, 0.3) is 0 Å². The Kier molecular flexibility index (Phi) is 5.12. The van der Waals surface area contributed by atoms with Gasteiger partial charge in [-0.3, -0.25) is 9.59 Å². The zero-order chi connectivity index (χ0) is 12.1. The van der Waals surface area contributed by atoms with Gasteiger partial charge in [0.1, 0.15) is 0 Å². The molecule has 1 saturated heterocycles. The van der Waals surface area contributed by atoms with Crippen molar-refractivity contribution in [3.05, 3.63) is 0 Å². The van der Waals surface area contributed by atoms with Gasteiger partial charge in [0.2, 0.25) is 5.91 Å². The first-order valence-corrected chi connectivity index (χ1v) is 6.96. The van der Waals surface area contributed by atoms with E-state index in [0.29, 0.717) is 25.9 Å². The minimum absolute atomic E-state index is 0.0383. The molecule has 1 N–H and O–H groups in total. The van der Waals surface area contributed by atoms with E-state index in [1.807, 2.05) is 13.2 Å². The van der Waals surface area contributed by atoms with Gasteiger partial charge in [-0.25, -0.2) is 0 Å². The molecular weight excluding hydrogens is 226 g/mol. The van der Waals surface area contributed by atoms with Crippen molar-refractivity contribution in [2.75, 3.05) is 25.1 Å². The maximum absolute atomic E-state index is 11.9. The molecule has 1 aliphatic heterocycles. The molecule has 0 radical (unpaired) electrons. The topological polar surface area (TPSA) is 57.6 Å². The quantitative estimate of drug-likeness (QED) is 0.811. The second-order valence-electron chi connectivity index (χ2n) is 4.29. The lowest BCUT2D eigenvalue weighted by Gasteiger charge is -2.31. The number of nitrogens with zero attached hydrogens (tertiary/aromatic N) is 1. The van der Waals surface area contributed by atoms with Crippen molar-refractivity contribution in [3.8, 4) is 0 Å². The third-order valence-corrected chi connectivity index (χ3v) is 3.83. The minimum atomic E-state index is -0.732. The molecule has 5 heteroatoms. The van der Waals surface area contributed by atoms with Gasteiger partial charge in [-0.15, -0.1) is 0 Å². The van der Waals surface area contributed by atoms with E-state index in [1.165, 1.54) is 0 Å². The number of carbonyl (C=O) groups excluding carboxylic acids is 1. The molecule has 0 aliphatic carbocycles. The molecule has 16 heavy (non-hydrogen) atoms. The molecule has 0 bridgehead atoms. The smallest absolute Gasteiger partial charge is 0.306 e. The molecule has 1 heterocycles. The summed E-state index contributed by atoms with van der Waals surface area (Å²) in [6.45, 7) is 3.12. The fourth-order valence-corrected chi connectivity index (χ4v) is 2.62. The lowest BCUT2D eigenvalue weighted by Crippen LogP contribution is -2.43. The predicted octanol–water partition coefficient (Wildman–Crippen LogP) is 1.31. The Hall–Kier alpha value is -0.710. The minimum Gasteiger partial charge on any atom is -0.481 e. The fourth-order valence-electron chi connectivity index (χ4n) is 1.98. The molecular formula is C11H19NO3S. The van der Waals surface area contributed by atoms with Gasteiger partial charge in [0.25, 0.3) is 0 Å². The first-order chi connectivity index (χ1) is 7.56. The molecule has 0 saturated carbocycles. The average Bonchev–Trinajstić information content (AvgIpc) is 2.28. The Bertz CT molecular complexity index is 262. The number of carbonyl (C=O) groups is 2. The second-order valence-corrected chi connectivity index (χ2v) is 5.20.